The number of nitrogens with one attached hydrogen (secondary N) is 1. The molecule has 2 aromatic carbocycles. The summed E-state index contributed by atoms with van der Waals surface area (Å²) in [6, 6.07) is 16.2. The van der Waals surface area contributed by atoms with Crippen LogP contribution in [0.2, 0.25) is 5.02 Å². The van der Waals surface area contributed by atoms with Crippen LogP contribution in [0.25, 0.3) is 10.9 Å². The molecule has 2 nitrogen and oxygen atoms in total. The van der Waals surface area contributed by atoms with Crippen LogP contribution in [0, 0.1) is 0 Å². The van der Waals surface area contributed by atoms with Crippen molar-refractivity contribution in [3.63, 3.8) is 0 Å². The van der Waals surface area contributed by atoms with Crippen LogP contribution in [0.5, 0.6) is 0 Å². The summed E-state index contributed by atoms with van der Waals surface area (Å²) in [5.74, 6) is 0.700. The third-order valence-corrected chi connectivity index (χ3v) is 4.04. The highest BCUT2D eigenvalue weighted by atomic mass is 35.5. The maximum atomic E-state index is 6.02. The van der Waals surface area contributed by atoms with Gasteiger partial charge in [-0.3, -0.25) is 4.98 Å². The second-order valence-corrected chi connectivity index (χ2v) is 5.95. The number of benzene rings is 2. The van der Waals surface area contributed by atoms with Crippen molar-refractivity contribution in [2.75, 3.05) is 11.2 Å². The second-order valence-electron chi connectivity index (χ2n) is 5.13. The number of alkyl halides is 1. The molecule has 0 saturated carbocycles. The maximum absolute atomic E-state index is 6.02. The van der Waals surface area contributed by atoms with Crippen molar-refractivity contribution in [2.45, 2.75) is 12.8 Å². The van der Waals surface area contributed by atoms with Crippen molar-refractivity contribution in [3.8, 4) is 0 Å². The van der Waals surface area contributed by atoms with Gasteiger partial charge in [-0.25, -0.2) is 0 Å². The predicted octanol–water partition coefficient (Wildman–Crippen LogP) is 5.80. The summed E-state index contributed by atoms with van der Waals surface area (Å²) in [7, 11) is 0. The molecule has 0 spiro atoms. The summed E-state index contributed by atoms with van der Waals surface area (Å²) in [4.78, 5) is 4.36. The van der Waals surface area contributed by atoms with Crippen molar-refractivity contribution in [3.05, 3.63) is 65.3 Å². The van der Waals surface area contributed by atoms with Crippen LogP contribution in [0.3, 0.4) is 0 Å². The molecule has 0 aliphatic carbocycles. The van der Waals surface area contributed by atoms with Crippen molar-refractivity contribution in [1.29, 1.82) is 0 Å². The van der Waals surface area contributed by atoms with Crippen molar-refractivity contribution in [2.24, 2.45) is 0 Å². The van der Waals surface area contributed by atoms with Gasteiger partial charge in [-0.15, -0.1) is 11.6 Å². The van der Waals surface area contributed by atoms with E-state index in [9.17, 15) is 0 Å². The molecule has 4 heteroatoms. The lowest BCUT2D eigenvalue weighted by Gasteiger charge is -2.10. The highest BCUT2D eigenvalue weighted by Crippen LogP contribution is 2.27. The zero-order chi connectivity index (χ0) is 15.4. The normalized spacial score (nSPS) is 10.8. The molecule has 112 valence electrons. The summed E-state index contributed by atoms with van der Waals surface area (Å²) in [6.45, 7) is 0. The summed E-state index contributed by atoms with van der Waals surface area (Å²) < 4.78 is 0. The first kappa shape index (κ1) is 15.1. The van der Waals surface area contributed by atoms with E-state index in [-0.39, 0.29) is 0 Å². The smallest absolute Gasteiger partial charge is 0.0737 e. The van der Waals surface area contributed by atoms with Gasteiger partial charge in [0.05, 0.1) is 5.52 Å². The quantitative estimate of drug-likeness (QED) is 0.597. The first-order valence-electron chi connectivity index (χ1n) is 7.22. The first-order chi connectivity index (χ1) is 10.8. The standard InChI is InChI=1S/C18H16Cl2N2/c19-10-1-2-13-3-6-15(7-4-13)22-17-9-11-21-18-12-14(20)5-8-16(17)18/h3-9,11-12H,1-2,10H2,(H,21,22). The van der Waals surface area contributed by atoms with E-state index >= 15 is 0 Å². The molecule has 0 unspecified atom stereocenters. The fourth-order valence-electron chi connectivity index (χ4n) is 2.41. The predicted molar refractivity (Wildman–Crippen MR) is 95.5 cm³/mol. The van der Waals surface area contributed by atoms with Crippen molar-refractivity contribution in [1.82, 2.24) is 4.98 Å². The molecule has 0 aliphatic rings. The molecule has 1 heterocycles. The lowest BCUT2D eigenvalue weighted by atomic mass is 10.1. The van der Waals surface area contributed by atoms with Gasteiger partial charge in [-0.05, 0) is 54.8 Å². The third-order valence-electron chi connectivity index (χ3n) is 3.54. The van der Waals surface area contributed by atoms with E-state index in [0.717, 1.165) is 35.1 Å². The highest BCUT2D eigenvalue weighted by Gasteiger charge is 2.03. The molecule has 22 heavy (non-hydrogen) atoms. The number of rotatable bonds is 5. The first-order valence-corrected chi connectivity index (χ1v) is 8.14. The summed E-state index contributed by atoms with van der Waals surface area (Å²) in [6.07, 6.45) is 3.81. The van der Waals surface area contributed by atoms with Gasteiger partial charge >= 0.3 is 0 Å². The Bertz CT molecular complexity index is 770. The molecule has 1 N–H and O–H groups in total. The van der Waals surface area contributed by atoms with Crippen LogP contribution >= 0.6 is 23.2 Å². The van der Waals surface area contributed by atoms with E-state index in [1.165, 1.54) is 5.56 Å². The maximum Gasteiger partial charge on any atom is 0.0737 e. The van der Waals surface area contributed by atoms with E-state index in [0.29, 0.717) is 10.9 Å². The number of anilines is 2. The van der Waals surface area contributed by atoms with Crippen LogP contribution in [0.1, 0.15) is 12.0 Å². The van der Waals surface area contributed by atoms with Gasteiger partial charge in [-0.1, -0.05) is 23.7 Å². The van der Waals surface area contributed by atoms with Crippen molar-refractivity contribution < 1.29 is 0 Å². The van der Waals surface area contributed by atoms with E-state index in [1.807, 2.05) is 24.3 Å². The minimum atomic E-state index is 0.695. The average molecular weight is 331 g/mol. The zero-order valence-corrected chi connectivity index (χ0v) is 13.5. The largest absolute Gasteiger partial charge is 0.355 e. The Morgan fingerprint density at radius 1 is 1.00 bits per heavy atom. The Kier molecular flexibility index (Phi) is 4.81. The van der Waals surface area contributed by atoms with Crippen LogP contribution in [0.4, 0.5) is 11.4 Å². The van der Waals surface area contributed by atoms with Crippen LogP contribution in [-0.2, 0) is 6.42 Å². The molecule has 0 atom stereocenters. The molecule has 0 saturated heterocycles. The number of fused-ring (bicyclic) bond motifs is 1. The van der Waals surface area contributed by atoms with E-state index in [4.69, 9.17) is 23.2 Å². The number of pyridine rings is 1. The minimum Gasteiger partial charge on any atom is -0.355 e. The Labute approximate surface area is 140 Å². The number of nitrogens with zero attached hydrogens (tertiary/aromatic N) is 1. The van der Waals surface area contributed by atoms with E-state index < -0.39 is 0 Å². The van der Waals surface area contributed by atoms with Crippen LogP contribution < -0.4 is 5.32 Å². The lowest BCUT2D eigenvalue weighted by Crippen LogP contribution is -1.93. The fraction of sp³-hybridized carbons (Fsp3) is 0.167. The Morgan fingerprint density at radius 3 is 2.59 bits per heavy atom. The Hall–Kier alpha value is -1.77. The molecule has 3 aromatic rings. The molecule has 3 rings (SSSR count). The topological polar surface area (TPSA) is 24.9 Å². The minimum absolute atomic E-state index is 0.695. The van der Waals surface area contributed by atoms with Crippen LogP contribution in [0.15, 0.2) is 54.7 Å². The monoisotopic (exact) mass is 330 g/mol. The molecule has 0 aliphatic heterocycles. The molecule has 0 fully saturated rings. The Morgan fingerprint density at radius 2 is 1.82 bits per heavy atom. The average Bonchev–Trinajstić information content (AvgIpc) is 2.54. The number of halogens is 2. The number of hydrogen-bond acceptors (Lipinski definition) is 2. The number of aryl methyl sites for hydroxylation is 1. The second kappa shape index (κ2) is 6.99. The van der Waals surface area contributed by atoms with Gasteiger partial charge in [0, 0.05) is 33.9 Å². The third kappa shape index (κ3) is 3.52. The van der Waals surface area contributed by atoms with E-state index in [2.05, 4.69) is 34.6 Å². The van der Waals surface area contributed by atoms with Gasteiger partial charge < -0.3 is 5.32 Å². The summed E-state index contributed by atoms with van der Waals surface area (Å²) in [5.41, 5.74) is 4.26. The summed E-state index contributed by atoms with van der Waals surface area (Å²) in [5, 5.41) is 5.19. The number of aromatic nitrogens is 1. The van der Waals surface area contributed by atoms with Gasteiger partial charge in [0.1, 0.15) is 0 Å². The summed E-state index contributed by atoms with van der Waals surface area (Å²) >= 11 is 11.7. The molecule has 0 amide bonds. The Balaban J connectivity index is 1.84. The number of hydrogen-bond donors (Lipinski definition) is 1. The fourth-order valence-corrected chi connectivity index (χ4v) is 2.71. The van der Waals surface area contributed by atoms with Gasteiger partial charge in [0.15, 0.2) is 0 Å². The van der Waals surface area contributed by atoms with E-state index in [1.54, 1.807) is 6.20 Å². The zero-order valence-electron chi connectivity index (χ0n) is 12.0. The molecular formula is C18H16Cl2N2. The molecule has 0 radical (unpaired) electrons. The van der Waals surface area contributed by atoms with Crippen molar-refractivity contribution >= 4 is 45.5 Å². The molecule has 1 aromatic heterocycles. The lowest BCUT2D eigenvalue weighted by molar-refractivity contribution is 0.929. The molecule has 0 bridgehead atoms. The SMILES string of the molecule is ClCCCc1ccc(Nc2ccnc3cc(Cl)ccc23)cc1. The highest BCUT2D eigenvalue weighted by molar-refractivity contribution is 6.31. The van der Waals surface area contributed by atoms with Crippen LogP contribution in [-0.4, -0.2) is 10.9 Å². The van der Waals surface area contributed by atoms with Gasteiger partial charge in [0.2, 0.25) is 0 Å². The van der Waals surface area contributed by atoms with Gasteiger partial charge in [-0.2, -0.15) is 0 Å². The van der Waals surface area contributed by atoms with Gasteiger partial charge in [0.25, 0.3) is 0 Å². The molecular weight excluding hydrogens is 315 g/mol.